The second-order valence-electron chi connectivity index (χ2n) is 4.07. The van der Waals surface area contributed by atoms with Crippen LogP contribution in [0, 0.1) is 0 Å². The maximum Gasteiger partial charge on any atom is 0.239 e. The molecule has 0 fully saturated rings. The summed E-state index contributed by atoms with van der Waals surface area (Å²) >= 11 is 12.1. The van der Waals surface area contributed by atoms with Gasteiger partial charge in [0.05, 0.1) is 23.2 Å². The molecule has 0 aliphatic rings. The number of aromatic nitrogens is 1. The van der Waals surface area contributed by atoms with Crippen LogP contribution in [-0.4, -0.2) is 51.8 Å². The predicted molar refractivity (Wildman–Crippen MR) is 82.0 cm³/mol. The Kier molecular flexibility index (Phi) is 6.84. The van der Waals surface area contributed by atoms with E-state index in [4.69, 9.17) is 27.9 Å². The van der Waals surface area contributed by atoms with Gasteiger partial charge in [-0.05, 0) is 6.07 Å². The molecule has 8 heteroatoms. The number of amides is 1. The average molecular weight is 321 g/mol. The van der Waals surface area contributed by atoms with Crippen LogP contribution in [-0.2, 0) is 9.53 Å². The van der Waals surface area contributed by atoms with E-state index in [0.29, 0.717) is 34.8 Å². The molecule has 0 saturated heterocycles. The van der Waals surface area contributed by atoms with Crippen LogP contribution in [0.25, 0.3) is 0 Å². The summed E-state index contributed by atoms with van der Waals surface area (Å²) < 4.78 is 4.86. The molecule has 1 heterocycles. The van der Waals surface area contributed by atoms with Gasteiger partial charge in [-0.15, -0.1) is 0 Å². The minimum Gasteiger partial charge on any atom is -0.383 e. The van der Waals surface area contributed by atoms with E-state index in [1.54, 1.807) is 32.2 Å². The fourth-order valence-electron chi connectivity index (χ4n) is 1.54. The number of halogens is 2. The van der Waals surface area contributed by atoms with Crippen LogP contribution < -0.4 is 15.5 Å². The second kappa shape index (κ2) is 8.14. The number of nitrogens with zero attached hydrogens (tertiary/aromatic N) is 2. The Morgan fingerprint density at radius 3 is 2.75 bits per heavy atom. The molecule has 2 N–H and O–H groups in total. The second-order valence-corrected chi connectivity index (χ2v) is 4.89. The minimum atomic E-state index is -0.136. The largest absolute Gasteiger partial charge is 0.383 e. The molecular weight excluding hydrogens is 303 g/mol. The summed E-state index contributed by atoms with van der Waals surface area (Å²) in [6.45, 7) is 1.08. The van der Waals surface area contributed by atoms with Gasteiger partial charge in [0, 0.05) is 27.7 Å². The van der Waals surface area contributed by atoms with Crippen molar-refractivity contribution in [2.75, 3.05) is 51.1 Å². The van der Waals surface area contributed by atoms with Crippen LogP contribution in [0.1, 0.15) is 0 Å². The fraction of sp³-hybridized carbons (Fsp3) is 0.500. The number of methoxy groups -OCH3 is 1. The third-order valence-corrected chi connectivity index (χ3v) is 3.08. The van der Waals surface area contributed by atoms with Crippen LogP contribution in [0.15, 0.2) is 6.07 Å². The van der Waals surface area contributed by atoms with Crippen molar-refractivity contribution >= 4 is 40.7 Å². The summed E-state index contributed by atoms with van der Waals surface area (Å²) in [6, 6.07) is 1.59. The SMILES string of the molecule is CNc1nc(N(C)CC(=O)NCCOC)c(Cl)cc1Cl. The van der Waals surface area contributed by atoms with Crippen molar-refractivity contribution in [2.45, 2.75) is 0 Å². The Morgan fingerprint density at radius 1 is 1.45 bits per heavy atom. The first kappa shape index (κ1) is 16.8. The van der Waals surface area contributed by atoms with Gasteiger partial charge in [-0.1, -0.05) is 23.2 Å². The van der Waals surface area contributed by atoms with Gasteiger partial charge in [-0.3, -0.25) is 4.79 Å². The molecule has 1 rings (SSSR count). The zero-order chi connectivity index (χ0) is 15.1. The topological polar surface area (TPSA) is 66.5 Å². The minimum absolute atomic E-state index is 0.136. The van der Waals surface area contributed by atoms with Gasteiger partial charge in [-0.2, -0.15) is 0 Å². The Labute approximate surface area is 128 Å². The number of carbonyl (C=O) groups is 1. The fourth-order valence-corrected chi connectivity index (χ4v) is 2.14. The number of pyridine rings is 1. The van der Waals surface area contributed by atoms with Gasteiger partial charge in [0.15, 0.2) is 0 Å². The van der Waals surface area contributed by atoms with Crippen molar-refractivity contribution in [3.8, 4) is 0 Å². The lowest BCUT2D eigenvalue weighted by atomic mass is 10.4. The van der Waals surface area contributed by atoms with Crippen molar-refractivity contribution in [2.24, 2.45) is 0 Å². The lowest BCUT2D eigenvalue weighted by Gasteiger charge is -2.20. The number of carbonyl (C=O) groups excluding carboxylic acids is 1. The van der Waals surface area contributed by atoms with Crippen molar-refractivity contribution in [1.82, 2.24) is 10.3 Å². The summed E-state index contributed by atoms with van der Waals surface area (Å²) in [4.78, 5) is 17.7. The molecule has 0 radical (unpaired) electrons. The highest BCUT2D eigenvalue weighted by molar-refractivity contribution is 6.37. The van der Waals surface area contributed by atoms with E-state index in [-0.39, 0.29) is 12.5 Å². The molecule has 0 spiro atoms. The number of anilines is 2. The third-order valence-electron chi connectivity index (χ3n) is 2.52. The lowest BCUT2D eigenvalue weighted by molar-refractivity contribution is -0.119. The Balaban J connectivity index is 2.72. The van der Waals surface area contributed by atoms with Crippen LogP contribution >= 0.6 is 23.2 Å². The van der Waals surface area contributed by atoms with Crippen LogP contribution in [0.4, 0.5) is 11.6 Å². The van der Waals surface area contributed by atoms with Crippen molar-refractivity contribution < 1.29 is 9.53 Å². The quantitative estimate of drug-likeness (QED) is 0.747. The number of hydrogen-bond donors (Lipinski definition) is 2. The van der Waals surface area contributed by atoms with E-state index in [0.717, 1.165) is 0 Å². The summed E-state index contributed by atoms with van der Waals surface area (Å²) in [7, 11) is 5.02. The van der Waals surface area contributed by atoms with E-state index in [2.05, 4.69) is 15.6 Å². The molecule has 0 saturated carbocycles. The Morgan fingerprint density at radius 2 is 2.15 bits per heavy atom. The van der Waals surface area contributed by atoms with E-state index in [1.165, 1.54) is 0 Å². The molecule has 1 aromatic rings. The standard InChI is InChI=1S/C12H18Cl2N4O2/c1-15-11-8(13)6-9(14)12(17-11)18(2)7-10(19)16-4-5-20-3/h6H,4-5,7H2,1-3H3,(H,15,17)(H,16,19). The average Bonchev–Trinajstić information content (AvgIpc) is 2.39. The number of ether oxygens (including phenoxy) is 1. The van der Waals surface area contributed by atoms with E-state index in [9.17, 15) is 4.79 Å². The van der Waals surface area contributed by atoms with E-state index < -0.39 is 0 Å². The molecule has 0 atom stereocenters. The molecule has 0 aliphatic carbocycles. The van der Waals surface area contributed by atoms with E-state index in [1.807, 2.05) is 0 Å². The van der Waals surface area contributed by atoms with Gasteiger partial charge in [0.25, 0.3) is 0 Å². The normalized spacial score (nSPS) is 10.2. The number of rotatable bonds is 7. The van der Waals surface area contributed by atoms with E-state index >= 15 is 0 Å². The molecule has 0 aliphatic heterocycles. The van der Waals surface area contributed by atoms with Crippen molar-refractivity contribution in [1.29, 1.82) is 0 Å². The summed E-state index contributed by atoms with van der Waals surface area (Å²) in [5, 5.41) is 6.41. The van der Waals surface area contributed by atoms with Crippen LogP contribution in [0.3, 0.4) is 0 Å². The molecule has 1 amide bonds. The smallest absolute Gasteiger partial charge is 0.239 e. The monoisotopic (exact) mass is 320 g/mol. The number of hydrogen-bond acceptors (Lipinski definition) is 5. The third kappa shape index (κ3) is 4.70. The van der Waals surface area contributed by atoms with Crippen molar-refractivity contribution in [3.63, 3.8) is 0 Å². The first-order valence-electron chi connectivity index (χ1n) is 6.00. The molecule has 6 nitrogen and oxygen atoms in total. The van der Waals surface area contributed by atoms with Crippen molar-refractivity contribution in [3.05, 3.63) is 16.1 Å². The molecule has 1 aromatic heterocycles. The number of nitrogens with one attached hydrogen (secondary N) is 2. The molecule has 0 bridgehead atoms. The van der Waals surface area contributed by atoms with Gasteiger partial charge in [0.1, 0.15) is 11.6 Å². The molecule has 20 heavy (non-hydrogen) atoms. The number of likely N-dealkylation sites (N-methyl/N-ethyl adjacent to an activating group) is 1. The van der Waals surface area contributed by atoms with Crippen LogP contribution in [0.5, 0.6) is 0 Å². The zero-order valence-corrected chi connectivity index (χ0v) is 13.2. The summed E-state index contributed by atoms with van der Waals surface area (Å²) in [5.41, 5.74) is 0. The Hall–Kier alpha value is -1.24. The lowest BCUT2D eigenvalue weighted by Crippen LogP contribution is -2.37. The maximum absolute atomic E-state index is 11.7. The highest BCUT2D eigenvalue weighted by Crippen LogP contribution is 2.30. The predicted octanol–water partition coefficient (Wildman–Crippen LogP) is 1.63. The zero-order valence-electron chi connectivity index (χ0n) is 11.7. The summed E-state index contributed by atoms with van der Waals surface area (Å²) in [6.07, 6.45) is 0. The van der Waals surface area contributed by atoms with Crippen LogP contribution in [0.2, 0.25) is 10.0 Å². The Bertz CT molecular complexity index is 471. The highest BCUT2D eigenvalue weighted by Gasteiger charge is 2.14. The molecule has 112 valence electrons. The molecular formula is C12H18Cl2N4O2. The van der Waals surface area contributed by atoms with Gasteiger partial charge >= 0.3 is 0 Å². The first-order valence-corrected chi connectivity index (χ1v) is 6.75. The maximum atomic E-state index is 11.7. The molecule has 0 unspecified atom stereocenters. The highest BCUT2D eigenvalue weighted by atomic mass is 35.5. The first-order chi connectivity index (χ1) is 9.49. The van der Waals surface area contributed by atoms with Gasteiger partial charge < -0.3 is 20.3 Å². The molecule has 0 aromatic carbocycles. The van der Waals surface area contributed by atoms with Gasteiger partial charge in [-0.25, -0.2) is 4.98 Å². The van der Waals surface area contributed by atoms with Gasteiger partial charge in [0.2, 0.25) is 5.91 Å². The summed E-state index contributed by atoms with van der Waals surface area (Å²) in [5.74, 6) is 0.864.